The molecule has 1 heterocycles. The minimum absolute atomic E-state index is 0.0164. The lowest BCUT2D eigenvalue weighted by Crippen LogP contribution is -2.05. The fourth-order valence-corrected chi connectivity index (χ4v) is 2.90. The van der Waals surface area contributed by atoms with E-state index in [1.807, 2.05) is 30.3 Å². The van der Waals surface area contributed by atoms with Crippen LogP contribution in [0.15, 0.2) is 82.0 Å². The Morgan fingerprint density at radius 2 is 1.62 bits per heavy atom. The van der Waals surface area contributed by atoms with E-state index in [0.717, 1.165) is 5.56 Å². The van der Waals surface area contributed by atoms with Gasteiger partial charge < -0.3 is 9.52 Å². The zero-order valence-corrected chi connectivity index (χ0v) is 13.7. The van der Waals surface area contributed by atoms with Gasteiger partial charge in [-0.3, -0.25) is 9.59 Å². The second kappa shape index (κ2) is 6.33. The Kier molecular flexibility index (Phi) is 3.86. The molecule has 0 saturated carbocycles. The van der Waals surface area contributed by atoms with Crippen molar-refractivity contribution in [3.8, 4) is 5.75 Å². The lowest BCUT2D eigenvalue weighted by molar-refractivity contribution is 0.104. The van der Waals surface area contributed by atoms with Gasteiger partial charge in [-0.25, -0.2) is 0 Å². The van der Waals surface area contributed by atoms with Gasteiger partial charge in [-0.05, 0) is 35.9 Å². The van der Waals surface area contributed by atoms with Crippen molar-refractivity contribution in [2.24, 2.45) is 0 Å². The summed E-state index contributed by atoms with van der Waals surface area (Å²) < 4.78 is 5.68. The van der Waals surface area contributed by atoms with Crippen LogP contribution in [-0.2, 0) is 0 Å². The van der Waals surface area contributed by atoms with E-state index in [1.165, 1.54) is 18.2 Å². The number of hydrogen-bond donors (Lipinski definition) is 1. The van der Waals surface area contributed by atoms with Gasteiger partial charge in [0.1, 0.15) is 22.3 Å². The molecule has 4 nitrogen and oxygen atoms in total. The van der Waals surface area contributed by atoms with Gasteiger partial charge in [0.15, 0.2) is 5.78 Å². The van der Waals surface area contributed by atoms with E-state index in [0.29, 0.717) is 11.0 Å². The molecule has 4 aromatic rings. The summed E-state index contributed by atoms with van der Waals surface area (Å²) in [4.78, 5) is 25.2. The number of ketones is 1. The number of hydrogen-bond acceptors (Lipinski definition) is 4. The van der Waals surface area contributed by atoms with Crippen LogP contribution in [0.25, 0.3) is 28.0 Å². The average Bonchev–Trinajstić information content (AvgIpc) is 2.67. The second-order valence-corrected chi connectivity index (χ2v) is 5.87. The molecule has 0 aliphatic rings. The average molecular weight is 342 g/mol. The second-order valence-electron chi connectivity index (χ2n) is 5.87. The van der Waals surface area contributed by atoms with Gasteiger partial charge in [0.2, 0.25) is 5.43 Å². The van der Waals surface area contributed by atoms with Crippen LogP contribution in [0.1, 0.15) is 15.9 Å². The molecule has 26 heavy (non-hydrogen) atoms. The number of phenols is 1. The SMILES string of the molecule is O=C(C=Cc1ccccc1)c1ccc2oc3ccccc3c(=O)c2c1O. The Morgan fingerprint density at radius 1 is 0.885 bits per heavy atom. The minimum atomic E-state index is -0.388. The van der Waals surface area contributed by atoms with Crippen LogP contribution in [0.5, 0.6) is 5.75 Å². The quantitative estimate of drug-likeness (QED) is 0.337. The van der Waals surface area contributed by atoms with Crippen molar-refractivity contribution < 1.29 is 14.3 Å². The summed E-state index contributed by atoms with van der Waals surface area (Å²) >= 11 is 0. The van der Waals surface area contributed by atoms with Crippen LogP contribution < -0.4 is 5.43 Å². The van der Waals surface area contributed by atoms with Crippen molar-refractivity contribution in [3.63, 3.8) is 0 Å². The normalized spacial score (nSPS) is 11.4. The molecule has 0 radical (unpaired) electrons. The van der Waals surface area contributed by atoms with E-state index >= 15 is 0 Å². The van der Waals surface area contributed by atoms with Crippen molar-refractivity contribution in [3.05, 3.63) is 94.2 Å². The van der Waals surface area contributed by atoms with E-state index in [-0.39, 0.29) is 33.5 Å². The number of para-hydroxylation sites is 1. The van der Waals surface area contributed by atoms with Gasteiger partial charge in [0.25, 0.3) is 0 Å². The topological polar surface area (TPSA) is 67.5 Å². The number of benzene rings is 3. The summed E-state index contributed by atoms with van der Waals surface area (Å²) in [7, 11) is 0. The molecule has 0 aliphatic carbocycles. The van der Waals surface area contributed by atoms with Crippen LogP contribution in [0.4, 0.5) is 0 Å². The highest BCUT2D eigenvalue weighted by Gasteiger charge is 2.17. The van der Waals surface area contributed by atoms with E-state index in [4.69, 9.17) is 4.42 Å². The van der Waals surface area contributed by atoms with E-state index < -0.39 is 0 Å². The highest BCUT2D eigenvalue weighted by molar-refractivity contribution is 6.11. The maximum Gasteiger partial charge on any atom is 0.204 e. The maximum atomic E-state index is 12.7. The summed E-state index contributed by atoms with van der Waals surface area (Å²) in [5, 5.41) is 10.9. The predicted octanol–water partition coefficient (Wildman–Crippen LogP) is 4.55. The van der Waals surface area contributed by atoms with Crippen LogP contribution in [0.2, 0.25) is 0 Å². The van der Waals surface area contributed by atoms with E-state index in [2.05, 4.69) is 0 Å². The third-order valence-corrected chi connectivity index (χ3v) is 4.21. The van der Waals surface area contributed by atoms with Crippen LogP contribution in [0.3, 0.4) is 0 Å². The molecule has 0 bridgehead atoms. The Balaban J connectivity index is 1.84. The molecule has 0 atom stereocenters. The summed E-state index contributed by atoms with van der Waals surface area (Å²) in [5.41, 5.74) is 1.25. The number of carbonyl (C=O) groups excluding carboxylic acids is 1. The van der Waals surface area contributed by atoms with E-state index in [1.54, 1.807) is 30.3 Å². The van der Waals surface area contributed by atoms with Gasteiger partial charge in [0, 0.05) is 0 Å². The van der Waals surface area contributed by atoms with Crippen molar-refractivity contribution in [1.29, 1.82) is 0 Å². The molecule has 4 rings (SSSR count). The standard InChI is InChI=1S/C22H14O4/c23-17(12-10-14-6-2-1-3-7-14)15-11-13-19-20(21(15)24)22(25)16-8-4-5-9-18(16)26-19/h1-13,24H. The largest absolute Gasteiger partial charge is 0.506 e. The first kappa shape index (κ1) is 15.8. The Hall–Kier alpha value is -3.66. The van der Waals surface area contributed by atoms with Crippen LogP contribution >= 0.6 is 0 Å². The third-order valence-electron chi connectivity index (χ3n) is 4.21. The number of aromatic hydroxyl groups is 1. The molecule has 0 amide bonds. The number of carbonyl (C=O) groups is 1. The van der Waals surface area contributed by atoms with Crippen molar-refractivity contribution in [2.45, 2.75) is 0 Å². The van der Waals surface area contributed by atoms with Gasteiger partial charge in [0.05, 0.1) is 10.9 Å². The first-order valence-corrected chi connectivity index (χ1v) is 8.10. The first-order valence-electron chi connectivity index (χ1n) is 8.10. The molecule has 0 spiro atoms. The molecule has 4 heteroatoms. The summed E-state index contributed by atoms with van der Waals surface area (Å²) in [5.74, 6) is -0.745. The fourth-order valence-electron chi connectivity index (χ4n) is 2.90. The van der Waals surface area contributed by atoms with Gasteiger partial charge >= 0.3 is 0 Å². The summed E-state index contributed by atoms with van der Waals surface area (Å²) in [6, 6.07) is 19.2. The number of phenolic OH excluding ortho intramolecular Hbond substituents is 1. The van der Waals surface area contributed by atoms with Gasteiger partial charge in [-0.2, -0.15) is 0 Å². The monoisotopic (exact) mass is 342 g/mol. The Labute approximate surface area is 148 Å². The number of rotatable bonds is 3. The van der Waals surface area contributed by atoms with E-state index in [9.17, 15) is 14.7 Å². The molecule has 3 aromatic carbocycles. The summed E-state index contributed by atoms with van der Waals surface area (Å²) in [6.45, 7) is 0. The molecule has 1 aromatic heterocycles. The lowest BCUT2D eigenvalue weighted by atomic mass is 10.0. The van der Waals surface area contributed by atoms with Crippen molar-refractivity contribution in [1.82, 2.24) is 0 Å². The van der Waals surface area contributed by atoms with Gasteiger partial charge in [-0.1, -0.05) is 48.5 Å². The maximum absolute atomic E-state index is 12.7. The predicted molar refractivity (Wildman–Crippen MR) is 101 cm³/mol. The molecule has 0 aliphatic heterocycles. The first-order chi connectivity index (χ1) is 12.6. The molecule has 1 N–H and O–H groups in total. The Bertz CT molecular complexity index is 1220. The van der Waals surface area contributed by atoms with Crippen molar-refractivity contribution >= 4 is 33.8 Å². The zero-order valence-electron chi connectivity index (χ0n) is 13.7. The zero-order chi connectivity index (χ0) is 18.1. The molecular weight excluding hydrogens is 328 g/mol. The highest BCUT2D eigenvalue weighted by atomic mass is 16.3. The fraction of sp³-hybridized carbons (Fsp3) is 0. The van der Waals surface area contributed by atoms with Gasteiger partial charge in [-0.15, -0.1) is 0 Å². The number of allylic oxidation sites excluding steroid dienone is 1. The van der Waals surface area contributed by atoms with Crippen LogP contribution in [0, 0.1) is 0 Å². The Morgan fingerprint density at radius 3 is 2.42 bits per heavy atom. The highest BCUT2D eigenvalue weighted by Crippen LogP contribution is 2.29. The molecule has 0 fully saturated rings. The smallest absolute Gasteiger partial charge is 0.204 e. The third kappa shape index (κ3) is 2.67. The molecule has 0 unspecified atom stereocenters. The lowest BCUT2D eigenvalue weighted by Gasteiger charge is -2.06. The van der Waals surface area contributed by atoms with Crippen LogP contribution in [-0.4, -0.2) is 10.9 Å². The number of fused-ring (bicyclic) bond motifs is 2. The summed E-state index contributed by atoms with van der Waals surface area (Å²) in [6.07, 6.45) is 3.04. The molecule has 126 valence electrons. The molecule has 0 saturated heterocycles. The minimum Gasteiger partial charge on any atom is -0.506 e. The van der Waals surface area contributed by atoms with Crippen molar-refractivity contribution in [2.75, 3.05) is 0 Å². The molecular formula is C22H14O4.